The monoisotopic (exact) mass is 250 g/mol. The molecular weight excluding hydrogens is 243 g/mol. The summed E-state index contributed by atoms with van der Waals surface area (Å²) in [7, 11) is -0.386. The van der Waals surface area contributed by atoms with Crippen LogP contribution in [0.1, 0.15) is 0 Å². The van der Waals surface area contributed by atoms with E-state index >= 15 is 0 Å². The zero-order valence-electron chi connectivity index (χ0n) is 6.40. The normalized spacial score (nSPS) is 12.6. The van der Waals surface area contributed by atoms with Crippen LogP contribution in [0.2, 0.25) is 0 Å². The molecule has 1 atom stereocenters. The molecule has 1 aromatic carbocycles. The topological polar surface area (TPSA) is 38.7 Å². The van der Waals surface area contributed by atoms with Crippen LogP contribution in [0.4, 0.5) is 0 Å². The molecule has 0 aliphatic carbocycles. The van der Waals surface area contributed by atoms with Crippen LogP contribution in [0, 0.1) is 0 Å². The molecule has 12 heavy (non-hydrogen) atoms. The Morgan fingerprint density at radius 1 is 1.33 bits per heavy atom. The van der Waals surface area contributed by atoms with Gasteiger partial charge in [0, 0.05) is 11.6 Å². The molecule has 0 bridgehead atoms. The predicted octanol–water partition coefficient (Wildman–Crippen LogP) is 2.69. The predicted molar refractivity (Wildman–Crippen MR) is 50.9 cm³/mol. The number of hydrogen-bond acceptors (Lipinski definition) is 3. The van der Waals surface area contributed by atoms with Gasteiger partial charge < -0.3 is 13.9 Å². The van der Waals surface area contributed by atoms with Gasteiger partial charge in [-0.15, -0.1) is 0 Å². The molecule has 0 aromatic heterocycles. The van der Waals surface area contributed by atoms with E-state index in [4.69, 9.17) is 9.42 Å². The average molecular weight is 251 g/mol. The molecule has 0 aliphatic rings. The maximum Gasteiger partial charge on any atom is 0.394 e. The molecule has 0 heterocycles. The van der Waals surface area contributed by atoms with Crippen molar-refractivity contribution < 1.29 is 13.9 Å². The average Bonchev–Trinajstić information content (AvgIpc) is 2.09. The van der Waals surface area contributed by atoms with Crippen molar-refractivity contribution in [3.63, 3.8) is 0 Å². The Labute approximate surface area is 80.4 Å². The van der Waals surface area contributed by atoms with Gasteiger partial charge in [0.25, 0.3) is 0 Å². The molecule has 1 rings (SSSR count). The van der Waals surface area contributed by atoms with Crippen LogP contribution >= 0.6 is 24.5 Å². The molecule has 0 fully saturated rings. The summed E-state index contributed by atoms with van der Waals surface area (Å²) < 4.78 is 10.5. The van der Waals surface area contributed by atoms with E-state index in [-0.39, 0.29) is 0 Å². The second-order valence-electron chi connectivity index (χ2n) is 1.97. The van der Waals surface area contributed by atoms with Crippen LogP contribution in [0.3, 0.4) is 0 Å². The minimum Gasteiger partial charge on any atom is -0.427 e. The van der Waals surface area contributed by atoms with E-state index in [0.717, 1.165) is 4.47 Å². The van der Waals surface area contributed by atoms with Crippen LogP contribution in [-0.2, 0) is 4.52 Å². The molecule has 5 heteroatoms. The van der Waals surface area contributed by atoms with Crippen molar-refractivity contribution in [1.29, 1.82) is 0 Å². The van der Waals surface area contributed by atoms with Gasteiger partial charge in [0.1, 0.15) is 5.75 Å². The molecule has 0 amide bonds. The lowest BCUT2D eigenvalue weighted by molar-refractivity contribution is 0.317. The molecule has 0 saturated carbocycles. The lowest BCUT2D eigenvalue weighted by atomic mass is 10.3. The van der Waals surface area contributed by atoms with E-state index in [0.29, 0.717) is 5.75 Å². The van der Waals surface area contributed by atoms with E-state index in [2.05, 4.69) is 20.5 Å². The largest absolute Gasteiger partial charge is 0.427 e. The highest BCUT2D eigenvalue weighted by atomic mass is 79.9. The summed E-state index contributed by atoms with van der Waals surface area (Å²) in [6.07, 6.45) is 0. The van der Waals surface area contributed by atoms with Crippen molar-refractivity contribution in [2.24, 2.45) is 0 Å². The zero-order chi connectivity index (χ0) is 8.97. The minimum atomic E-state index is -1.78. The zero-order valence-corrected chi connectivity index (χ0v) is 8.88. The highest BCUT2D eigenvalue weighted by Crippen LogP contribution is 2.33. The summed E-state index contributed by atoms with van der Waals surface area (Å²) in [6.45, 7) is 0. The van der Waals surface area contributed by atoms with Crippen LogP contribution in [0.25, 0.3) is 0 Å². The first-order valence-corrected chi connectivity index (χ1v) is 5.11. The van der Waals surface area contributed by atoms with E-state index in [1.165, 1.54) is 7.11 Å². The Kier molecular flexibility index (Phi) is 3.95. The van der Waals surface area contributed by atoms with E-state index in [9.17, 15) is 0 Å². The third-order valence-electron chi connectivity index (χ3n) is 1.15. The van der Waals surface area contributed by atoms with Crippen molar-refractivity contribution in [2.75, 3.05) is 7.11 Å². The Balaban J connectivity index is 2.58. The second kappa shape index (κ2) is 4.77. The van der Waals surface area contributed by atoms with Crippen LogP contribution < -0.4 is 4.52 Å². The van der Waals surface area contributed by atoms with E-state index < -0.39 is 8.60 Å². The van der Waals surface area contributed by atoms with Gasteiger partial charge in [-0.25, -0.2) is 0 Å². The van der Waals surface area contributed by atoms with Gasteiger partial charge in [-0.05, 0) is 24.3 Å². The maximum absolute atomic E-state index is 8.99. The standard InChI is InChI=1S/C7H8BrO3P/c1-10-12(9)11-7-4-2-6(8)3-5-7/h2-5,9H,1H3. The third-order valence-corrected chi connectivity index (χ3v) is 2.36. The maximum atomic E-state index is 8.99. The van der Waals surface area contributed by atoms with Crippen LogP contribution in [-0.4, -0.2) is 12.0 Å². The molecule has 66 valence electrons. The number of halogens is 1. The SMILES string of the molecule is COP(O)Oc1ccc(Br)cc1. The van der Waals surface area contributed by atoms with Crippen molar-refractivity contribution in [1.82, 2.24) is 0 Å². The van der Waals surface area contributed by atoms with Crippen LogP contribution in [0.5, 0.6) is 5.75 Å². The summed E-state index contributed by atoms with van der Waals surface area (Å²) in [5.41, 5.74) is 0. The second-order valence-corrected chi connectivity index (χ2v) is 3.90. The summed E-state index contributed by atoms with van der Waals surface area (Å²) in [4.78, 5) is 8.99. The number of benzene rings is 1. The van der Waals surface area contributed by atoms with E-state index in [1.54, 1.807) is 12.1 Å². The Bertz CT molecular complexity index is 239. The first-order chi connectivity index (χ1) is 5.72. The fourth-order valence-electron chi connectivity index (χ4n) is 0.623. The molecule has 0 saturated heterocycles. The molecule has 0 radical (unpaired) electrons. The highest BCUT2D eigenvalue weighted by molar-refractivity contribution is 9.10. The smallest absolute Gasteiger partial charge is 0.394 e. The lowest BCUT2D eigenvalue weighted by Crippen LogP contribution is -1.87. The lowest BCUT2D eigenvalue weighted by Gasteiger charge is -2.07. The first-order valence-electron chi connectivity index (χ1n) is 3.19. The molecule has 0 aliphatic heterocycles. The molecule has 1 aromatic rings. The first kappa shape index (κ1) is 9.93. The van der Waals surface area contributed by atoms with Gasteiger partial charge in [-0.3, -0.25) is 0 Å². The van der Waals surface area contributed by atoms with Gasteiger partial charge >= 0.3 is 8.60 Å². The van der Waals surface area contributed by atoms with E-state index in [1.807, 2.05) is 12.1 Å². The quantitative estimate of drug-likeness (QED) is 0.839. The fourth-order valence-corrected chi connectivity index (χ4v) is 1.26. The van der Waals surface area contributed by atoms with Crippen molar-refractivity contribution in [3.05, 3.63) is 28.7 Å². The summed E-state index contributed by atoms with van der Waals surface area (Å²) >= 11 is 3.28. The number of hydrogen-bond donors (Lipinski definition) is 1. The molecule has 1 N–H and O–H groups in total. The summed E-state index contributed by atoms with van der Waals surface area (Å²) in [5, 5.41) is 0. The summed E-state index contributed by atoms with van der Waals surface area (Å²) in [5.74, 6) is 0.591. The van der Waals surface area contributed by atoms with Crippen molar-refractivity contribution in [3.8, 4) is 5.75 Å². The van der Waals surface area contributed by atoms with Crippen molar-refractivity contribution >= 4 is 24.5 Å². The Morgan fingerprint density at radius 2 is 1.92 bits per heavy atom. The summed E-state index contributed by atoms with van der Waals surface area (Å²) in [6, 6.07) is 7.14. The molecule has 0 spiro atoms. The van der Waals surface area contributed by atoms with Crippen LogP contribution in [0.15, 0.2) is 28.7 Å². The molecule has 1 unspecified atom stereocenters. The molecular formula is C7H8BrO3P. The third kappa shape index (κ3) is 3.07. The fraction of sp³-hybridized carbons (Fsp3) is 0.143. The van der Waals surface area contributed by atoms with Crippen molar-refractivity contribution in [2.45, 2.75) is 0 Å². The molecule has 3 nitrogen and oxygen atoms in total. The van der Waals surface area contributed by atoms with Gasteiger partial charge in [0.05, 0.1) is 0 Å². The van der Waals surface area contributed by atoms with Gasteiger partial charge in [0.15, 0.2) is 0 Å². The van der Waals surface area contributed by atoms with Gasteiger partial charge in [-0.2, -0.15) is 0 Å². The van der Waals surface area contributed by atoms with Gasteiger partial charge in [-0.1, -0.05) is 15.9 Å². The Hall–Kier alpha value is -0.150. The highest BCUT2D eigenvalue weighted by Gasteiger charge is 2.04. The Morgan fingerprint density at radius 3 is 2.42 bits per heavy atom. The minimum absolute atomic E-state index is 0.591. The van der Waals surface area contributed by atoms with Gasteiger partial charge in [0.2, 0.25) is 0 Å². The number of rotatable bonds is 3.